The van der Waals surface area contributed by atoms with Crippen LogP contribution in [-0.2, 0) is 11.3 Å². The van der Waals surface area contributed by atoms with Crippen molar-refractivity contribution in [3.05, 3.63) is 34.9 Å². The molecule has 23 heavy (non-hydrogen) atoms. The van der Waals surface area contributed by atoms with Crippen molar-refractivity contribution in [1.29, 1.82) is 0 Å². The van der Waals surface area contributed by atoms with E-state index in [2.05, 4.69) is 12.2 Å². The van der Waals surface area contributed by atoms with E-state index in [-0.39, 0.29) is 11.6 Å². The highest BCUT2D eigenvalue weighted by atomic mass is 35.5. The number of nitrogens with one attached hydrogen (secondary N) is 1. The molecule has 1 unspecified atom stereocenters. The first-order valence-electron chi connectivity index (χ1n) is 8.16. The summed E-state index contributed by atoms with van der Waals surface area (Å²) in [6, 6.07) is 7.81. The maximum atomic E-state index is 12.4. The molecule has 1 fully saturated rings. The van der Waals surface area contributed by atoms with Crippen molar-refractivity contribution in [2.75, 3.05) is 13.1 Å². The number of hydrogen-bond acceptors (Lipinski definition) is 3. The van der Waals surface area contributed by atoms with Crippen molar-refractivity contribution in [3.8, 4) is 0 Å². The number of likely N-dealkylation sites (tertiary alicyclic amines) is 1. The van der Waals surface area contributed by atoms with Gasteiger partial charge in [0.1, 0.15) is 5.60 Å². The number of nitrogens with zero attached hydrogens (tertiary/aromatic N) is 1. The van der Waals surface area contributed by atoms with E-state index in [9.17, 15) is 4.79 Å². The van der Waals surface area contributed by atoms with Crippen LogP contribution in [0.1, 0.15) is 46.1 Å². The molecule has 0 aliphatic carbocycles. The summed E-state index contributed by atoms with van der Waals surface area (Å²) >= 11 is 6.18. The Hall–Kier alpha value is -1.26. The average Bonchev–Trinajstić information content (AvgIpc) is 2.81. The van der Waals surface area contributed by atoms with E-state index in [0.29, 0.717) is 6.54 Å². The lowest BCUT2D eigenvalue weighted by molar-refractivity contribution is 0.0107. The Morgan fingerprint density at radius 1 is 1.39 bits per heavy atom. The molecule has 0 bridgehead atoms. The third-order valence-electron chi connectivity index (χ3n) is 4.14. The molecule has 1 aromatic carbocycles. The summed E-state index contributed by atoms with van der Waals surface area (Å²) in [5.41, 5.74) is 0.384. The van der Waals surface area contributed by atoms with Crippen LogP contribution in [0.3, 0.4) is 0 Å². The Morgan fingerprint density at radius 3 is 2.74 bits per heavy atom. The number of halogens is 1. The zero-order chi connectivity index (χ0) is 17.1. The molecule has 1 aromatic rings. The first-order valence-corrected chi connectivity index (χ1v) is 8.54. The number of carbonyl (C=O) groups is 1. The fourth-order valence-electron chi connectivity index (χ4n) is 2.94. The highest BCUT2D eigenvalue weighted by Gasteiger charge is 2.41. The monoisotopic (exact) mass is 338 g/mol. The van der Waals surface area contributed by atoms with Gasteiger partial charge in [-0.1, -0.05) is 29.8 Å². The molecule has 0 aromatic heterocycles. The van der Waals surface area contributed by atoms with Gasteiger partial charge >= 0.3 is 6.09 Å². The molecule has 5 heteroatoms. The molecule has 128 valence electrons. The third kappa shape index (κ3) is 4.85. The Bertz CT molecular complexity index is 556. The second-order valence-corrected chi connectivity index (χ2v) is 7.83. The van der Waals surface area contributed by atoms with Crippen molar-refractivity contribution in [1.82, 2.24) is 10.2 Å². The summed E-state index contributed by atoms with van der Waals surface area (Å²) in [6.07, 6.45) is 1.75. The molecule has 1 heterocycles. The van der Waals surface area contributed by atoms with Crippen molar-refractivity contribution in [2.45, 2.75) is 58.2 Å². The Labute approximate surface area is 144 Å². The van der Waals surface area contributed by atoms with E-state index in [1.807, 2.05) is 49.9 Å². The standard InChI is InChI=1S/C18H27ClN2O2/c1-17(2,3)23-16(22)21-11-7-10-18(21,4)13-20-12-14-8-5-6-9-15(14)19/h5-6,8-9,20H,7,10-13H2,1-4H3. The van der Waals surface area contributed by atoms with Gasteiger partial charge in [0.05, 0.1) is 5.54 Å². The van der Waals surface area contributed by atoms with E-state index < -0.39 is 5.60 Å². The second kappa shape index (κ2) is 7.10. The van der Waals surface area contributed by atoms with E-state index >= 15 is 0 Å². The largest absolute Gasteiger partial charge is 0.444 e. The molecule has 0 spiro atoms. The smallest absolute Gasteiger partial charge is 0.410 e. The topological polar surface area (TPSA) is 41.6 Å². The molecule has 0 saturated carbocycles. The minimum atomic E-state index is -0.467. The van der Waals surface area contributed by atoms with Gasteiger partial charge in [0.2, 0.25) is 0 Å². The normalized spacial score (nSPS) is 21.5. The van der Waals surface area contributed by atoms with Crippen LogP contribution in [0.15, 0.2) is 24.3 Å². The van der Waals surface area contributed by atoms with Crippen molar-refractivity contribution in [2.24, 2.45) is 0 Å². The minimum Gasteiger partial charge on any atom is -0.444 e. The van der Waals surface area contributed by atoms with Gasteiger partial charge in [0.25, 0.3) is 0 Å². The van der Waals surface area contributed by atoms with Crippen LogP contribution >= 0.6 is 11.6 Å². The molecule has 1 aliphatic heterocycles. The summed E-state index contributed by atoms with van der Waals surface area (Å²) in [5.74, 6) is 0. The number of benzene rings is 1. The van der Waals surface area contributed by atoms with Gasteiger partial charge in [-0.25, -0.2) is 4.79 Å². The lowest BCUT2D eigenvalue weighted by Gasteiger charge is -2.36. The van der Waals surface area contributed by atoms with Gasteiger partial charge in [-0.15, -0.1) is 0 Å². The van der Waals surface area contributed by atoms with Gasteiger partial charge in [-0.2, -0.15) is 0 Å². The number of rotatable bonds is 4. The zero-order valence-electron chi connectivity index (χ0n) is 14.5. The average molecular weight is 339 g/mol. The van der Waals surface area contributed by atoms with Gasteiger partial charge in [0.15, 0.2) is 0 Å². The van der Waals surface area contributed by atoms with Gasteiger partial charge in [-0.3, -0.25) is 0 Å². The maximum Gasteiger partial charge on any atom is 0.410 e. The predicted octanol–water partition coefficient (Wildman–Crippen LogP) is 4.22. The number of hydrogen-bond donors (Lipinski definition) is 1. The zero-order valence-corrected chi connectivity index (χ0v) is 15.2. The fraction of sp³-hybridized carbons (Fsp3) is 0.611. The van der Waals surface area contributed by atoms with Crippen LogP contribution in [0.2, 0.25) is 5.02 Å². The van der Waals surface area contributed by atoms with E-state index in [1.54, 1.807) is 0 Å². The van der Waals surface area contributed by atoms with Gasteiger partial charge in [0, 0.05) is 24.7 Å². The highest BCUT2D eigenvalue weighted by Crippen LogP contribution is 2.30. The molecule has 1 N–H and O–H groups in total. The quantitative estimate of drug-likeness (QED) is 0.893. The summed E-state index contributed by atoms with van der Waals surface area (Å²) < 4.78 is 5.54. The van der Waals surface area contributed by atoms with Crippen LogP contribution in [-0.4, -0.2) is 35.2 Å². The summed E-state index contributed by atoms with van der Waals surface area (Å²) in [4.78, 5) is 14.3. The molecule has 4 nitrogen and oxygen atoms in total. The van der Waals surface area contributed by atoms with Crippen LogP contribution in [0.25, 0.3) is 0 Å². The molecule has 0 radical (unpaired) electrons. The highest BCUT2D eigenvalue weighted by molar-refractivity contribution is 6.31. The fourth-order valence-corrected chi connectivity index (χ4v) is 3.15. The molecular weight excluding hydrogens is 312 g/mol. The third-order valence-corrected chi connectivity index (χ3v) is 4.51. The molecule has 2 rings (SSSR count). The van der Waals surface area contributed by atoms with Gasteiger partial charge < -0.3 is 15.0 Å². The number of amides is 1. The summed E-state index contributed by atoms with van der Waals surface area (Å²) in [5, 5.41) is 4.20. The van der Waals surface area contributed by atoms with Crippen molar-refractivity contribution >= 4 is 17.7 Å². The Morgan fingerprint density at radius 2 is 2.09 bits per heavy atom. The van der Waals surface area contributed by atoms with Crippen LogP contribution in [0.4, 0.5) is 4.79 Å². The summed E-state index contributed by atoms with van der Waals surface area (Å²) in [6.45, 7) is 9.97. The molecule has 1 atom stereocenters. The van der Waals surface area contributed by atoms with Crippen LogP contribution in [0, 0.1) is 0 Å². The second-order valence-electron chi connectivity index (χ2n) is 7.43. The maximum absolute atomic E-state index is 12.4. The Kier molecular flexibility index (Phi) is 5.58. The lowest BCUT2D eigenvalue weighted by Crippen LogP contribution is -2.52. The molecule has 1 saturated heterocycles. The molecule has 1 aliphatic rings. The van der Waals surface area contributed by atoms with Crippen LogP contribution in [0.5, 0.6) is 0 Å². The first-order chi connectivity index (χ1) is 10.7. The van der Waals surface area contributed by atoms with E-state index in [1.165, 1.54) is 0 Å². The van der Waals surface area contributed by atoms with Crippen molar-refractivity contribution < 1.29 is 9.53 Å². The summed E-state index contributed by atoms with van der Waals surface area (Å²) in [7, 11) is 0. The van der Waals surface area contributed by atoms with Crippen molar-refractivity contribution in [3.63, 3.8) is 0 Å². The lowest BCUT2D eigenvalue weighted by atomic mass is 9.99. The number of carbonyl (C=O) groups excluding carboxylic acids is 1. The number of ether oxygens (including phenoxy) is 1. The van der Waals surface area contributed by atoms with Crippen LogP contribution < -0.4 is 5.32 Å². The Balaban J connectivity index is 1.94. The minimum absolute atomic E-state index is 0.219. The molecular formula is C18H27ClN2O2. The first kappa shape index (κ1) is 18.1. The SMILES string of the molecule is CC(C)(C)OC(=O)N1CCCC1(C)CNCc1ccccc1Cl. The van der Waals surface area contributed by atoms with Gasteiger partial charge in [-0.05, 0) is 52.2 Å². The van der Waals surface area contributed by atoms with E-state index in [0.717, 1.165) is 36.5 Å². The molecule has 1 amide bonds. The van der Waals surface area contributed by atoms with E-state index in [4.69, 9.17) is 16.3 Å². The predicted molar refractivity (Wildman–Crippen MR) is 93.7 cm³/mol.